The highest BCUT2D eigenvalue weighted by molar-refractivity contribution is 6.74. The summed E-state index contributed by atoms with van der Waals surface area (Å²) in [5, 5.41) is 9.51. The molecule has 0 N–H and O–H groups in total. The zero-order chi connectivity index (χ0) is 16.4. The molecule has 0 aliphatic carbocycles. The van der Waals surface area contributed by atoms with Crippen molar-refractivity contribution in [3.05, 3.63) is 12.7 Å². The Morgan fingerprint density at radius 3 is 2.48 bits per heavy atom. The Morgan fingerprint density at radius 1 is 1.52 bits per heavy atom. The molecule has 0 unspecified atom stereocenters. The third-order valence-electron chi connectivity index (χ3n) is 4.44. The molecule has 6 heteroatoms. The summed E-state index contributed by atoms with van der Waals surface area (Å²) in [6, 6.07) is 1.85. The van der Waals surface area contributed by atoms with Gasteiger partial charge in [0.2, 0.25) is 0 Å². The molecule has 1 fully saturated rings. The first-order valence-electron chi connectivity index (χ1n) is 7.12. The van der Waals surface area contributed by atoms with Gasteiger partial charge in [0.15, 0.2) is 20.5 Å². The summed E-state index contributed by atoms with van der Waals surface area (Å²) in [4.78, 5) is 13.6. The molecular formula is C15H26N2O3Si. The number of carbonyl (C=O) groups is 1. The van der Waals surface area contributed by atoms with Crippen LogP contribution in [0.15, 0.2) is 12.7 Å². The first kappa shape index (κ1) is 17.9. The predicted octanol–water partition coefficient (Wildman–Crippen LogP) is 2.31. The average Bonchev–Trinajstić information content (AvgIpc) is 2.38. The molecule has 5 nitrogen and oxygen atoms in total. The highest BCUT2D eigenvalue weighted by Gasteiger charge is 2.53. The van der Waals surface area contributed by atoms with E-state index in [0.717, 1.165) is 0 Å². The summed E-state index contributed by atoms with van der Waals surface area (Å²) < 4.78 is 11.4. The van der Waals surface area contributed by atoms with Crippen LogP contribution in [0.5, 0.6) is 0 Å². The fraction of sp³-hybridized carbons (Fsp3) is 0.733. The number of nitrogens with zero attached hydrogens (tertiary/aromatic N) is 2. The SMILES string of the molecule is C=CCN1C(=O)[C@H](OC)[C@@H]1[C@@H](C#N)O[Si](C)(C)C(C)(C)C. The Morgan fingerprint density at radius 2 is 2.10 bits per heavy atom. The normalized spacial score (nSPS) is 24.2. The summed E-state index contributed by atoms with van der Waals surface area (Å²) in [6.07, 6.45) is 0.380. The van der Waals surface area contributed by atoms with E-state index in [0.29, 0.717) is 6.54 Å². The van der Waals surface area contributed by atoms with Crippen LogP contribution in [-0.2, 0) is 14.0 Å². The van der Waals surface area contributed by atoms with Gasteiger partial charge < -0.3 is 14.1 Å². The minimum absolute atomic E-state index is 0.00168. The van der Waals surface area contributed by atoms with Gasteiger partial charge in [0.1, 0.15) is 6.04 Å². The summed E-state index contributed by atoms with van der Waals surface area (Å²) in [5.74, 6) is -0.110. The molecule has 3 atom stereocenters. The number of hydrogen-bond acceptors (Lipinski definition) is 4. The van der Waals surface area contributed by atoms with Crippen LogP contribution in [0, 0.1) is 11.3 Å². The van der Waals surface area contributed by atoms with Crippen molar-refractivity contribution in [1.82, 2.24) is 4.90 Å². The number of amides is 1. The molecule has 21 heavy (non-hydrogen) atoms. The first-order valence-corrected chi connectivity index (χ1v) is 10.0. The van der Waals surface area contributed by atoms with E-state index < -0.39 is 20.5 Å². The van der Waals surface area contributed by atoms with E-state index in [9.17, 15) is 10.1 Å². The van der Waals surface area contributed by atoms with E-state index in [-0.39, 0.29) is 17.0 Å². The van der Waals surface area contributed by atoms with Crippen molar-refractivity contribution < 1.29 is 14.0 Å². The maximum absolute atomic E-state index is 12.0. The van der Waals surface area contributed by atoms with Crippen LogP contribution in [0.2, 0.25) is 18.1 Å². The summed E-state index contributed by atoms with van der Waals surface area (Å²) in [6.45, 7) is 14.6. The number of carbonyl (C=O) groups excluding carboxylic acids is 1. The second-order valence-corrected chi connectivity index (χ2v) is 11.6. The summed E-state index contributed by atoms with van der Waals surface area (Å²) in [7, 11) is -0.605. The zero-order valence-corrected chi connectivity index (χ0v) is 14.8. The van der Waals surface area contributed by atoms with E-state index >= 15 is 0 Å². The standard InChI is InChI=1S/C15H26N2O3Si/c1-8-9-17-12(13(19-5)14(17)18)11(10-16)20-21(6,7)15(2,3)4/h8,11-13H,1,9H2,2-7H3/t11-,12+,13-/m1/s1. The number of β-lactam (4-membered cyclic amide) rings is 1. The third kappa shape index (κ3) is 3.36. The maximum atomic E-state index is 12.0. The van der Waals surface area contributed by atoms with Crippen molar-refractivity contribution in [1.29, 1.82) is 5.26 Å². The molecule has 0 aromatic heterocycles. The van der Waals surface area contributed by atoms with Gasteiger partial charge in [-0.2, -0.15) is 5.26 Å². The monoisotopic (exact) mass is 310 g/mol. The smallest absolute Gasteiger partial charge is 0.254 e. The topological polar surface area (TPSA) is 62.6 Å². The van der Waals surface area contributed by atoms with Crippen LogP contribution in [0.3, 0.4) is 0 Å². The lowest BCUT2D eigenvalue weighted by Crippen LogP contribution is -2.70. The fourth-order valence-corrected chi connectivity index (χ4v) is 3.30. The van der Waals surface area contributed by atoms with Crippen molar-refractivity contribution in [2.75, 3.05) is 13.7 Å². The van der Waals surface area contributed by atoms with Crippen LogP contribution in [-0.4, -0.2) is 51.0 Å². The fourth-order valence-electron chi connectivity index (χ4n) is 2.12. The van der Waals surface area contributed by atoms with Crippen molar-refractivity contribution in [2.45, 2.75) is 57.2 Å². The summed E-state index contributed by atoms with van der Waals surface area (Å²) >= 11 is 0. The molecule has 0 radical (unpaired) electrons. The molecule has 1 rings (SSSR count). The molecule has 1 aliphatic rings. The van der Waals surface area contributed by atoms with Gasteiger partial charge in [0.25, 0.3) is 5.91 Å². The van der Waals surface area contributed by atoms with E-state index in [4.69, 9.17) is 9.16 Å². The van der Waals surface area contributed by atoms with Gasteiger partial charge in [-0.15, -0.1) is 6.58 Å². The molecule has 1 heterocycles. The lowest BCUT2D eigenvalue weighted by atomic mass is 9.93. The minimum Gasteiger partial charge on any atom is -0.400 e. The number of hydrogen-bond donors (Lipinski definition) is 0. The Labute approximate surface area is 128 Å². The second-order valence-electron chi connectivity index (χ2n) is 6.85. The Balaban J connectivity index is 2.96. The van der Waals surface area contributed by atoms with E-state index in [2.05, 4.69) is 46.5 Å². The van der Waals surface area contributed by atoms with E-state index in [1.807, 2.05) is 0 Å². The van der Waals surface area contributed by atoms with Gasteiger partial charge in [-0.1, -0.05) is 26.8 Å². The molecular weight excluding hydrogens is 284 g/mol. The lowest BCUT2D eigenvalue weighted by Gasteiger charge is -2.49. The molecule has 1 amide bonds. The van der Waals surface area contributed by atoms with Crippen molar-refractivity contribution in [3.63, 3.8) is 0 Å². The number of likely N-dealkylation sites (tertiary alicyclic amines) is 1. The highest BCUT2D eigenvalue weighted by Crippen LogP contribution is 2.39. The van der Waals surface area contributed by atoms with Crippen LogP contribution in [0.1, 0.15) is 20.8 Å². The van der Waals surface area contributed by atoms with Gasteiger partial charge in [-0.05, 0) is 18.1 Å². The largest absolute Gasteiger partial charge is 0.400 e. The van der Waals surface area contributed by atoms with Gasteiger partial charge in [-0.25, -0.2) is 0 Å². The minimum atomic E-state index is -2.09. The van der Waals surface area contributed by atoms with Crippen LogP contribution in [0.4, 0.5) is 0 Å². The maximum Gasteiger partial charge on any atom is 0.254 e. The molecule has 1 aliphatic heterocycles. The Bertz CT molecular complexity index is 451. The number of rotatable bonds is 6. The predicted molar refractivity (Wildman–Crippen MR) is 84.2 cm³/mol. The van der Waals surface area contributed by atoms with E-state index in [1.54, 1.807) is 11.0 Å². The molecule has 0 saturated carbocycles. The van der Waals surface area contributed by atoms with Gasteiger partial charge in [0, 0.05) is 13.7 Å². The molecule has 1 saturated heterocycles. The van der Waals surface area contributed by atoms with Crippen molar-refractivity contribution >= 4 is 14.2 Å². The number of methoxy groups -OCH3 is 1. The number of nitriles is 1. The lowest BCUT2D eigenvalue weighted by molar-refractivity contribution is -0.175. The molecule has 0 aromatic rings. The molecule has 118 valence electrons. The van der Waals surface area contributed by atoms with E-state index in [1.165, 1.54) is 7.11 Å². The molecule has 0 spiro atoms. The van der Waals surface area contributed by atoms with Crippen molar-refractivity contribution in [2.24, 2.45) is 0 Å². The van der Waals surface area contributed by atoms with Crippen LogP contribution < -0.4 is 0 Å². The Hall–Kier alpha value is -1.16. The third-order valence-corrected chi connectivity index (χ3v) is 8.90. The Kier molecular flexibility index (Phi) is 5.37. The van der Waals surface area contributed by atoms with Gasteiger partial charge >= 0.3 is 0 Å². The highest BCUT2D eigenvalue weighted by atomic mass is 28.4. The quantitative estimate of drug-likeness (QED) is 0.429. The average molecular weight is 310 g/mol. The molecule has 0 bridgehead atoms. The van der Waals surface area contributed by atoms with Gasteiger partial charge in [0.05, 0.1) is 6.07 Å². The molecule has 0 aromatic carbocycles. The van der Waals surface area contributed by atoms with Crippen LogP contribution >= 0.6 is 0 Å². The van der Waals surface area contributed by atoms with Gasteiger partial charge in [-0.3, -0.25) is 4.79 Å². The van der Waals surface area contributed by atoms with Crippen molar-refractivity contribution in [3.8, 4) is 6.07 Å². The first-order chi connectivity index (χ1) is 9.60. The summed E-state index contributed by atoms with van der Waals surface area (Å²) in [5.41, 5.74) is 0. The van der Waals surface area contributed by atoms with Crippen LogP contribution in [0.25, 0.3) is 0 Å². The number of ether oxygens (including phenoxy) is 1. The zero-order valence-electron chi connectivity index (χ0n) is 13.8. The second kappa shape index (κ2) is 6.30.